The number of rotatable bonds is 15. The number of hydrogen-bond acceptors (Lipinski definition) is 6. The fourth-order valence-corrected chi connectivity index (χ4v) is 3.34. The van der Waals surface area contributed by atoms with Crippen LogP contribution in [0.2, 0.25) is 0 Å². The summed E-state index contributed by atoms with van der Waals surface area (Å²) in [6.07, 6.45) is 0.650. The predicted octanol–water partition coefficient (Wildman–Crippen LogP) is 6.52. The minimum absolute atomic E-state index is 0.132. The second kappa shape index (κ2) is 14.5. The van der Waals surface area contributed by atoms with Crippen LogP contribution in [0.15, 0.2) is 36.4 Å². The van der Waals surface area contributed by atoms with Crippen molar-refractivity contribution in [2.75, 3.05) is 26.4 Å². The molecule has 0 unspecified atom stereocenters. The second-order valence-corrected chi connectivity index (χ2v) is 10.2. The van der Waals surface area contributed by atoms with Gasteiger partial charge in [0.1, 0.15) is 5.75 Å². The van der Waals surface area contributed by atoms with Crippen LogP contribution in [0.5, 0.6) is 17.2 Å². The maximum atomic E-state index is 13.5. The molecule has 2 aromatic carbocycles. The van der Waals surface area contributed by atoms with Crippen molar-refractivity contribution in [1.82, 2.24) is 0 Å². The van der Waals surface area contributed by atoms with Gasteiger partial charge >= 0.3 is 5.97 Å². The van der Waals surface area contributed by atoms with Crippen LogP contribution in [-0.2, 0) is 16.0 Å². The summed E-state index contributed by atoms with van der Waals surface area (Å²) >= 11 is 0. The molecule has 0 atom stereocenters. The highest BCUT2D eigenvalue weighted by Gasteiger charge is 2.17. The van der Waals surface area contributed by atoms with Crippen molar-refractivity contribution in [1.29, 1.82) is 0 Å². The summed E-state index contributed by atoms with van der Waals surface area (Å²) in [5, 5.41) is 0. The van der Waals surface area contributed by atoms with Gasteiger partial charge in [-0.1, -0.05) is 41.5 Å². The van der Waals surface area contributed by atoms with Gasteiger partial charge in [-0.05, 0) is 73.1 Å². The van der Waals surface area contributed by atoms with E-state index >= 15 is 0 Å². The molecule has 0 bridgehead atoms. The molecule has 0 spiro atoms. The highest BCUT2D eigenvalue weighted by atomic mass is 16.5. The van der Waals surface area contributed by atoms with Gasteiger partial charge in [0.2, 0.25) is 0 Å². The molecule has 0 aromatic heterocycles. The molecule has 2 rings (SSSR count). The zero-order chi connectivity index (χ0) is 26.7. The fraction of sp³-hybridized carbons (Fsp3) is 0.533. The molecule has 0 radical (unpaired) electrons. The molecule has 0 saturated carbocycles. The van der Waals surface area contributed by atoms with E-state index in [1.54, 1.807) is 31.2 Å². The normalized spacial score (nSPS) is 11.2. The van der Waals surface area contributed by atoms with Crippen molar-refractivity contribution >= 4 is 11.8 Å². The van der Waals surface area contributed by atoms with E-state index in [-0.39, 0.29) is 18.2 Å². The molecule has 0 saturated heterocycles. The van der Waals surface area contributed by atoms with Crippen LogP contribution in [0.1, 0.15) is 76.4 Å². The van der Waals surface area contributed by atoms with Crippen LogP contribution in [0.4, 0.5) is 0 Å². The number of benzene rings is 2. The van der Waals surface area contributed by atoms with E-state index in [9.17, 15) is 9.59 Å². The average molecular weight is 499 g/mol. The van der Waals surface area contributed by atoms with Crippen LogP contribution in [0, 0.1) is 17.8 Å². The van der Waals surface area contributed by atoms with Gasteiger partial charge < -0.3 is 18.9 Å². The summed E-state index contributed by atoms with van der Waals surface area (Å²) in [5.41, 5.74) is 1.84. The number of carbonyl (C=O) groups is 2. The highest BCUT2D eigenvalue weighted by Crippen LogP contribution is 2.31. The largest absolute Gasteiger partial charge is 0.493 e. The number of hydrogen-bond donors (Lipinski definition) is 0. The van der Waals surface area contributed by atoms with E-state index in [1.165, 1.54) is 0 Å². The number of aryl methyl sites for hydroxylation is 1. The Hall–Kier alpha value is -3.02. The van der Waals surface area contributed by atoms with Gasteiger partial charge in [-0.15, -0.1) is 0 Å². The second-order valence-electron chi connectivity index (χ2n) is 10.2. The number of ketones is 1. The summed E-state index contributed by atoms with van der Waals surface area (Å²) in [6.45, 7) is 16.2. The fourth-order valence-electron chi connectivity index (χ4n) is 3.34. The van der Waals surface area contributed by atoms with Gasteiger partial charge in [0.25, 0.3) is 0 Å². The third-order valence-electron chi connectivity index (χ3n) is 5.15. The lowest BCUT2D eigenvalue weighted by Crippen LogP contribution is -2.11. The molecule has 0 fully saturated rings. The van der Waals surface area contributed by atoms with Crippen LogP contribution < -0.4 is 14.2 Å². The van der Waals surface area contributed by atoms with Gasteiger partial charge in [-0.3, -0.25) is 9.59 Å². The minimum atomic E-state index is -0.270. The average Bonchev–Trinajstić information content (AvgIpc) is 2.83. The van der Waals surface area contributed by atoms with Crippen molar-refractivity contribution < 1.29 is 28.5 Å². The Morgan fingerprint density at radius 1 is 0.694 bits per heavy atom. The Labute approximate surface area is 216 Å². The molecular weight excluding hydrogens is 456 g/mol. The molecule has 0 aliphatic heterocycles. The molecule has 198 valence electrons. The van der Waals surface area contributed by atoms with Crippen molar-refractivity contribution in [3.63, 3.8) is 0 Å². The van der Waals surface area contributed by atoms with Gasteiger partial charge in [-0.25, -0.2) is 0 Å². The van der Waals surface area contributed by atoms with Crippen molar-refractivity contribution in [3.8, 4) is 17.2 Å². The maximum absolute atomic E-state index is 13.5. The van der Waals surface area contributed by atoms with Crippen LogP contribution in [0.25, 0.3) is 0 Å². The lowest BCUT2D eigenvalue weighted by Gasteiger charge is -2.17. The van der Waals surface area contributed by atoms with Crippen LogP contribution in [-0.4, -0.2) is 38.2 Å². The lowest BCUT2D eigenvalue weighted by atomic mass is 9.98. The summed E-state index contributed by atoms with van der Waals surface area (Å²) in [6, 6.07) is 10.7. The molecule has 6 heteroatoms. The smallest absolute Gasteiger partial charge is 0.306 e. The predicted molar refractivity (Wildman–Crippen MR) is 142 cm³/mol. The van der Waals surface area contributed by atoms with E-state index in [0.717, 1.165) is 5.56 Å². The molecule has 0 aliphatic rings. The number of esters is 1. The molecule has 36 heavy (non-hydrogen) atoms. The van der Waals surface area contributed by atoms with E-state index in [1.807, 2.05) is 12.1 Å². The third-order valence-corrected chi connectivity index (χ3v) is 5.15. The maximum Gasteiger partial charge on any atom is 0.306 e. The summed E-state index contributed by atoms with van der Waals surface area (Å²) < 4.78 is 23.0. The first-order chi connectivity index (χ1) is 17.1. The van der Waals surface area contributed by atoms with Crippen molar-refractivity contribution in [2.24, 2.45) is 17.8 Å². The van der Waals surface area contributed by atoms with E-state index in [0.29, 0.717) is 79.0 Å². The molecule has 0 N–H and O–H groups in total. The molecule has 2 aromatic rings. The van der Waals surface area contributed by atoms with Crippen molar-refractivity contribution in [3.05, 3.63) is 53.1 Å². The highest BCUT2D eigenvalue weighted by molar-refractivity contribution is 6.09. The quantitative estimate of drug-likeness (QED) is 0.206. The van der Waals surface area contributed by atoms with Gasteiger partial charge in [-0.2, -0.15) is 0 Å². The Kier molecular flexibility index (Phi) is 11.8. The number of ether oxygens (including phenoxy) is 4. The first kappa shape index (κ1) is 29.2. The summed E-state index contributed by atoms with van der Waals surface area (Å²) in [5.74, 6) is 2.54. The minimum Gasteiger partial charge on any atom is -0.493 e. The standard InChI is InChI=1S/C30H42O6/c1-8-33-29(31)14-11-23-15-24(9-12-26(23)34-17-20(2)3)30(32)25-10-13-27(35-18-21(4)5)28(16-25)36-19-22(6)7/h9-10,12-13,15-16,20-22H,8,11,14,17-19H2,1-7H3. The zero-order valence-corrected chi connectivity index (χ0v) is 22.9. The first-order valence-corrected chi connectivity index (χ1v) is 13.0. The Morgan fingerprint density at radius 2 is 1.19 bits per heavy atom. The Balaban J connectivity index is 2.34. The Bertz CT molecular complexity index is 993. The first-order valence-electron chi connectivity index (χ1n) is 13.0. The summed E-state index contributed by atoms with van der Waals surface area (Å²) in [4.78, 5) is 25.4. The van der Waals surface area contributed by atoms with Gasteiger partial charge in [0.05, 0.1) is 26.4 Å². The van der Waals surface area contributed by atoms with E-state index in [2.05, 4.69) is 41.5 Å². The SMILES string of the molecule is CCOC(=O)CCc1cc(C(=O)c2ccc(OCC(C)C)c(OCC(C)C)c2)ccc1OCC(C)C. The third kappa shape index (κ3) is 9.56. The van der Waals surface area contributed by atoms with Crippen LogP contribution in [0.3, 0.4) is 0 Å². The topological polar surface area (TPSA) is 71.1 Å². The molecule has 0 heterocycles. The van der Waals surface area contributed by atoms with Gasteiger partial charge in [0.15, 0.2) is 17.3 Å². The monoisotopic (exact) mass is 498 g/mol. The lowest BCUT2D eigenvalue weighted by molar-refractivity contribution is -0.143. The molecule has 0 amide bonds. The molecular formula is C30H42O6. The number of carbonyl (C=O) groups excluding carboxylic acids is 2. The van der Waals surface area contributed by atoms with Crippen LogP contribution >= 0.6 is 0 Å². The molecule has 6 nitrogen and oxygen atoms in total. The van der Waals surface area contributed by atoms with E-state index in [4.69, 9.17) is 18.9 Å². The zero-order valence-electron chi connectivity index (χ0n) is 22.9. The molecule has 0 aliphatic carbocycles. The van der Waals surface area contributed by atoms with Gasteiger partial charge in [0, 0.05) is 17.5 Å². The Morgan fingerprint density at radius 3 is 1.75 bits per heavy atom. The summed E-state index contributed by atoms with van der Waals surface area (Å²) in [7, 11) is 0. The van der Waals surface area contributed by atoms with Crippen molar-refractivity contribution in [2.45, 2.75) is 61.3 Å². The van der Waals surface area contributed by atoms with E-state index < -0.39 is 0 Å².